The van der Waals surface area contributed by atoms with Crippen molar-refractivity contribution in [1.29, 1.82) is 0 Å². The zero-order chi connectivity index (χ0) is 18.9. The molecule has 0 amide bonds. The van der Waals surface area contributed by atoms with Crippen LogP contribution in [0.4, 0.5) is 4.39 Å². The minimum atomic E-state index is -0.370. The molecule has 0 radical (unpaired) electrons. The number of benzene rings is 1. The van der Waals surface area contributed by atoms with E-state index in [2.05, 4.69) is 25.8 Å². The van der Waals surface area contributed by atoms with E-state index < -0.39 is 0 Å². The summed E-state index contributed by atoms with van der Waals surface area (Å²) in [6, 6.07) is 4.72. The molecule has 2 unspecified atom stereocenters. The molecule has 1 aromatic carbocycles. The number of fused-ring (bicyclic) bond motifs is 5. The average molecular weight is 386 g/mol. The molecule has 2 bridgehead atoms. The summed E-state index contributed by atoms with van der Waals surface area (Å²) in [5.41, 5.74) is 3.35. The van der Waals surface area contributed by atoms with Crippen LogP contribution in [0.25, 0.3) is 17.3 Å². The van der Waals surface area contributed by atoms with Gasteiger partial charge in [0, 0.05) is 21.9 Å². The Kier molecular flexibility index (Phi) is 3.57. The van der Waals surface area contributed by atoms with Crippen LogP contribution < -0.4 is 0 Å². The van der Waals surface area contributed by atoms with Crippen LogP contribution in [0, 0.1) is 5.82 Å². The van der Waals surface area contributed by atoms with Crippen LogP contribution in [-0.4, -0.2) is 14.8 Å². The van der Waals surface area contributed by atoms with Gasteiger partial charge < -0.3 is 4.42 Å². The third-order valence-electron chi connectivity index (χ3n) is 5.77. The van der Waals surface area contributed by atoms with E-state index in [0.29, 0.717) is 28.4 Å². The van der Waals surface area contributed by atoms with Gasteiger partial charge in [0.05, 0.1) is 11.9 Å². The number of rotatable bonds is 2. The Morgan fingerprint density at radius 1 is 1.22 bits per heavy atom. The minimum absolute atomic E-state index is 0.127. The summed E-state index contributed by atoms with van der Waals surface area (Å²) >= 11 is 5.94. The van der Waals surface area contributed by atoms with E-state index in [1.165, 1.54) is 11.6 Å². The highest BCUT2D eigenvalue weighted by atomic mass is 35.5. The predicted octanol–water partition coefficient (Wildman–Crippen LogP) is 5.98. The third-order valence-corrected chi connectivity index (χ3v) is 6.01. The molecule has 2 heterocycles. The fraction of sp³-hybridized carbons (Fsp3) is 0.429. The molecule has 2 aliphatic rings. The third kappa shape index (κ3) is 2.55. The number of aromatic nitrogens is 3. The largest absolute Gasteiger partial charge is 0.439 e. The lowest BCUT2D eigenvalue weighted by molar-refractivity contribution is 0.414. The molecule has 2 aromatic heterocycles. The summed E-state index contributed by atoms with van der Waals surface area (Å²) in [6.45, 7) is 6.27. The first-order valence-electron chi connectivity index (χ1n) is 9.38. The van der Waals surface area contributed by atoms with Crippen molar-refractivity contribution in [3.63, 3.8) is 0 Å². The Bertz CT molecular complexity index is 1050. The van der Waals surface area contributed by atoms with Gasteiger partial charge in [-0.15, -0.1) is 0 Å². The van der Waals surface area contributed by atoms with E-state index in [1.54, 1.807) is 23.0 Å². The van der Waals surface area contributed by atoms with Crippen LogP contribution in [0.1, 0.15) is 68.9 Å². The number of halogens is 2. The van der Waals surface area contributed by atoms with Crippen molar-refractivity contribution in [1.82, 2.24) is 14.8 Å². The Morgan fingerprint density at radius 3 is 2.70 bits per heavy atom. The molecule has 0 N–H and O–H groups in total. The van der Waals surface area contributed by atoms with E-state index >= 15 is 0 Å². The van der Waals surface area contributed by atoms with Gasteiger partial charge in [0.1, 0.15) is 17.3 Å². The summed E-state index contributed by atoms with van der Waals surface area (Å²) < 4.78 is 22.4. The highest BCUT2D eigenvalue weighted by Crippen LogP contribution is 2.56. The molecule has 0 saturated heterocycles. The van der Waals surface area contributed by atoms with Crippen LogP contribution >= 0.6 is 11.6 Å². The minimum Gasteiger partial charge on any atom is -0.439 e. The molecule has 6 heteroatoms. The molecule has 0 aliphatic heterocycles. The fourth-order valence-corrected chi connectivity index (χ4v) is 4.61. The number of nitrogens with zero attached hydrogens (tertiary/aromatic N) is 3. The first-order valence-corrected chi connectivity index (χ1v) is 9.75. The second-order valence-electron chi connectivity index (χ2n) is 8.64. The van der Waals surface area contributed by atoms with Gasteiger partial charge in [0.15, 0.2) is 5.69 Å². The molecule has 27 heavy (non-hydrogen) atoms. The molecule has 4 nitrogen and oxygen atoms in total. The molecule has 140 valence electrons. The van der Waals surface area contributed by atoms with Crippen LogP contribution in [0.2, 0.25) is 5.02 Å². The zero-order valence-corrected chi connectivity index (χ0v) is 16.3. The van der Waals surface area contributed by atoms with E-state index in [4.69, 9.17) is 21.1 Å². The van der Waals surface area contributed by atoms with E-state index in [0.717, 1.165) is 36.4 Å². The van der Waals surface area contributed by atoms with Gasteiger partial charge in [-0.05, 0) is 43.4 Å². The Labute approximate surface area is 162 Å². The molecule has 2 aliphatic carbocycles. The summed E-state index contributed by atoms with van der Waals surface area (Å²) in [5, 5.41) is 5.16. The summed E-state index contributed by atoms with van der Waals surface area (Å²) in [7, 11) is 0. The lowest BCUT2D eigenvalue weighted by atomic mass is 9.94. The smallest absolute Gasteiger partial charge is 0.247 e. The molecule has 5 rings (SSSR count). The Morgan fingerprint density at radius 2 is 2.00 bits per heavy atom. The first kappa shape index (κ1) is 17.0. The van der Waals surface area contributed by atoms with Crippen molar-refractivity contribution in [2.45, 2.75) is 57.3 Å². The molecule has 3 aromatic rings. The molecule has 2 atom stereocenters. The van der Waals surface area contributed by atoms with Crippen molar-refractivity contribution in [3.8, 4) is 17.3 Å². The van der Waals surface area contributed by atoms with Gasteiger partial charge in [-0.25, -0.2) is 14.1 Å². The van der Waals surface area contributed by atoms with Gasteiger partial charge in [-0.2, -0.15) is 5.10 Å². The van der Waals surface area contributed by atoms with E-state index in [-0.39, 0.29) is 11.2 Å². The van der Waals surface area contributed by atoms with Gasteiger partial charge in [0.2, 0.25) is 5.89 Å². The summed E-state index contributed by atoms with van der Waals surface area (Å²) in [5.74, 6) is 1.84. The molecule has 1 saturated carbocycles. The average Bonchev–Trinajstić information content (AvgIpc) is 3.35. The second kappa shape index (κ2) is 5.68. The summed E-state index contributed by atoms with van der Waals surface area (Å²) in [6.07, 6.45) is 5.14. The van der Waals surface area contributed by atoms with E-state index in [9.17, 15) is 4.39 Å². The second-order valence-corrected chi connectivity index (χ2v) is 9.08. The standard InChI is InChI=1S/C21H21ClFN3O/c1-21(2,3)16-10-24-20(27-16)18-17-11-4-5-12(8-11)19(17)26(25-18)15-7-6-13(22)9-14(15)23/h6-7,9-12H,4-5,8H2,1-3H3. The fourth-order valence-electron chi connectivity index (χ4n) is 4.46. The van der Waals surface area contributed by atoms with Crippen molar-refractivity contribution < 1.29 is 8.81 Å². The van der Waals surface area contributed by atoms with Crippen LogP contribution in [0.5, 0.6) is 0 Å². The lowest BCUT2D eigenvalue weighted by Crippen LogP contribution is -2.09. The SMILES string of the molecule is CC(C)(C)c1cnc(-c2nn(-c3ccc(Cl)cc3F)c3c2C2CCC3C2)o1. The van der Waals surface area contributed by atoms with Crippen LogP contribution in [-0.2, 0) is 5.41 Å². The maximum atomic E-state index is 14.6. The van der Waals surface area contributed by atoms with Crippen molar-refractivity contribution in [3.05, 3.63) is 52.3 Å². The molecular weight excluding hydrogens is 365 g/mol. The van der Waals surface area contributed by atoms with E-state index in [1.807, 2.05) is 0 Å². The topological polar surface area (TPSA) is 43.9 Å². The lowest BCUT2D eigenvalue weighted by Gasteiger charge is -2.14. The van der Waals surface area contributed by atoms with Crippen molar-refractivity contribution in [2.75, 3.05) is 0 Å². The highest BCUT2D eigenvalue weighted by Gasteiger charge is 2.44. The highest BCUT2D eigenvalue weighted by molar-refractivity contribution is 6.30. The Hall–Kier alpha value is -2.14. The van der Waals surface area contributed by atoms with Crippen molar-refractivity contribution in [2.24, 2.45) is 0 Å². The van der Waals surface area contributed by atoms with Gasteiger partial charge in [-0.3, -0.25) is 0 Å². The van der Waals surface area contributed by atoms with Gasteiger partial charge in [0.25, 0.3) is 0 Å². The maximum absolute atomic E-state index is 14.6. The molecular formula is C21H21ClFN3O. The number of hydrogen-bond acceptors (Lipinski definition) is 3. The summed E-state index contributed by atoms with van der Waals surface area (Å²) in [4.78, 5) is 4.50. The molecule has 0 spiro atoms. The molecule has 1 fully saturated rings. The quantitative estimate of drug-likeness (QED) is 0.544. The van der Waals surface area contributed by atoms with Crippen LogP contribution in [0.15, 0.2) is 28.8 Å². The predicted molar refractivity (Wildman–Crippen MR) is 102 cm³/mol. The monoisotopic (exact) mass is 385 g/mol. The number of hydrogen-bond donors (Lipinski definition) is 0. The van der Waals surface area contributed by atoms with Crippen LogP contribution in [0.3, 0.4) is 0 Å². The number of oxazole rings is 1. The Balaban J connectivity index is 1.70. The normalized spacial score (nSPS) is 21.1. The van der Waals surface area contributed by atoms with Crippen molar-refractivity contribution >= 4 is 11.6 Å². The van der Waals surface area contributed by atoms with Gasteiger partial charge in [-0.1, -0.05) is 32.4 Å². The zero-order valence-electron chi connectivity index (χ0n) is 15.6. The maximum Gasteiger partial charge on any atom is 0.247 e. The first-order chi connectivity index (χ1) is 12.8. The van der Waals surface area contributed by atoms with Gasteiger partial charge >= 0.3 is 0 Å².